The number of rotatable bonds is 2. The molecule has 6 nitrogen and oxygen atoms in total. The maximum atomic E-state index is 13.6. The number of amides is 3. The Labute approximate surface area is 107 Å². The second kappa shape index (κ2) is 4.49. The second-order valence-electron chi connectivity index (χ2n) is 4.16. The van der Waals surface area contributed by atoms with Gasteiger partial charge in [-0.25, -0.2) is 14.2 Å². The summed E-state index contributed by atoms with van der Waals surface area (Å²) in [6.07, 6.45) is 0.859. The minimum atomic E-state index is -0.810. The van der Waals surface area contributed by atoms with Gasteiger partial charge in [-0.3, -0.25) is 15.0 Å². The molecule has 2 heterocycles. The number of nitrogens with zero attached hydrogens (tertiary/aromatic N) is 3. The molecule has 1 N–H and O–H groups in total. The van der Waals surface area contributed by atoms with E-state index in [1.807, 2.05) is 0 Å². The van der Waals surface area contributed by atoms with Crippen molar-refractivity contribution in [3.8, 4) is 0 Å². The van der Waals surface area contributed by atoms with Crippen LogP contribution >= 0.6 is 11.6 Å². The first kappa shape index (κ1) is 12.7. The highest BCUT2D eigenvalue weighted by atomic mass is 35.5. The molecule has 3 amide bonds. The molecular weight excluding hydrogens is 263 g/mol. The Kier molecular flexibility index (Phi) is 3.16. The van der Waals surface area contributed by atoms with Crippen LogP contribution in [0.5, 0.6) is 0 Å². The molecule has 1 fully saturated rings. The highest BCUT2D eigenvalue weighted by molar-refractivity contribution is 6.28. The lowest BCUT2D eigenvalue weighted by atomic mass is 10.0. The Morgan fingerprint density at radius 3 is 2.78 bits per heavy atom. The van der Waals surface area contributed by atoms with E-state index in [9.17, 15) is 14.0 Å². The summed E-state index contributed by atoms with van der Waals surface area (Å²) < 4.78 is 13.6. The third kappa shape index (κ3) is 2.01. The molecule has 1 aliphatic rings. The normalized spacial score (nSPS) is 19.6. The zero-order valence-corrected chi connectivity index (χ0v) is 10.4. The summed E-state index contributed by atoms with van der Waals surface area (Å²) >= 11 is 5.57. The Bertz CT molecular complexity index is 523. The molecule has 0 aliphatic carbocycles. The van der Waals surface area contributed by atoms with Gasteiger partial charge in [-0.1, -0.05) is 13.8 Å². The van der Waals surface area contributed by atoms with Crippen LogP contribution in [-0.2, 0) is 4.79 Å². The molecule has 1 aromatic rings. The summed E-state index contributed by atoms with van der Waals surface area (Å²) in [5, 5.41) is 1.93. The fourth-order valence-electron chi connectivity index (χ4n) is 1.82. The maximum Gasteiger partial charge on any atom is 0.330 e. The topological polar surface area (TPSA) is 75.2 Å². The molecule has 1 saturated heterocycles. The molecule has 1 aliphatic heterocycles. The first-order valence-electron chi connectivity index (χ1n) is 5.24. The molecule has 0 spiro atoms. The highest BCUT2D eigenvalue weighted by Gasteiger charge is 2.43. The summed E-state index contributed by atoms with van der Waals surface area (Å²) in [6, 6.07) is -1.52. The quantitative estimate of drug-likeness (QED) is 0.651. The molecule has 0 saturated carbocycles. The zero-order valence-electron chi connectivity index (χ0n) is 9.65. The van der Waals surface area contributed by atoms with Gasteiger partial charge in [-0.2, -0.15) is 4.98 Å². The number of halogens is 2. The lowest BCUT2D eigenvalue weighted by Gasteiger charge is -2.23. The maximum absolute atomic E-state index is 13.6. The molecule has 0 unspecified atom stereocenters. The van der Waals surface area contributed by atoms with Gasteiger partial charge in [0.2, 0.25) is 5.28 Å². The van der Waals surface area contributed by atoms with Crippen molar-refractivity contribution in [3.05, 3.63) is 17.3 Å². The molecule has 0 aromatic carbocycles. The third-order valence-corrected chi connectivity index (χ3v) is 2.73. The van der Waals surface area contributed by atoms with E-state index in [1.54, 1.807) is 13.8 Å². The lowest BCUT2D eigenvalue weighted by Crippen LogP contribution is -2.40. The fraction of sp³-hybridized carbons (Fsp3) is 0.400. The van der Waals surface area contributed by atoms with E-state index >= 15 is 0 Å². The molecular formula is C10H10ClFN4O2. The van der Waals surface area contributed by atoms with Crippen molar-refractivity contribution < 1.29 is 14.0 Å². The average Bonchev–Trinajstić information content (AvgIpc) is 2.57. The number of carbonyl (C=O) groups is 2. The smallest absolute Gasteiger partial charge is 0.276 e. The number of aromatic nitrogens is 2. The number of urea groups is 1. The van der Waals surface area contributed by atoms with Crippen LogP contribution < -0.4 is 10.2 Å². The van der Waals surface area contributed by atoms with E-state index in [0.717, 1.165) is 11.1 Å². The van der Waals surface area contributed by atoms with Crippen molar-refractivity contribution in [3.63, 3.8) is 0 Å². The van der Waals surface area contributed by atoms with E-state index in [4.69, 9.17) is 11.6 Å². The van der Waals surface area contributed by atoms with Crippen LogP contribution in [-0.4, -0.2) is 27.9 Å². The minimum Gasteiger partial charge on any atom is -0.276 e. The Morgan fingerprint density at radius 2 is 2.17 bits per heavy atom. The standard InChI is InChI=1S/C10H10ClFN4O2/c1-4(2)6-8(17)15-10(18)16(6)7-5(12)3-13-9(11)14-7/h3-4,6H,1-2H3,(H,15,17,18)/t6-/m0/s1. The van der Waals surface area contributed by atoms with E-state index in [0.29, 0.717) is 0 Å². The Morgan fingerprint density at radius 1 is 1.50 bits per heavy atom. The summed E-state index contributed by atoms with van der Waals surface area (Å²) in [6.45, 7) is 3.49. The molecule has 1 atom stereocenters. The summed E-state index contributed by atoms with van der Waals surface area (Å²) in [7, 11) is 0. The van der Waals surface area contributed by atoms with Crippen molar-refractivity contribution in [2.45, 2.75) is 19.9 Å². The van der Waals surface area contributed by atoms with Crippen LogP contribution in [0.2, 0.25) is 5.28 Å². The van der Waals surface area contributed by atoms with Crippen LogP contribution in [0.15, 0.2) is 6.20 Å². The summed E-state index contributed by atoms with van der Waals surface area (Å²) in [4.78, 5) is 31.4. The van der Waals surface area contributed by atoms with E-state index in [2.05, 4.69) is 15.3 Å². The van der Waals surface area contributed by atoms with Crippen LogP contribution in [0, 0.1) is 11.7 Å². The SMILES string of the molecule is CC(C)[C@H]1C(=O)NC(=O)N1c1nc(Cl)ncc1F. The molecule has 2 rings (SSSR count). The van der Waals surface area contributed by atoms with Crippen molar-refractivity contribution in [2.75, 3.05) is 4.90 Å². The van der Waals surface area contributed by atoms with E-state index in [1.165, 1.54) is 0 Å². The van der Waals surface area contributed by atoms with Crippen LogP contribution in [0.4, 0.5) is 15.0 Å². The van der Waals surface area contributed by atoms with Gasteiger partial charge in [0.1, 0.15) is 6.04 Å². The predicted octanol–water partition coefficient (Wildman–Crippen LogP) is 1.35. The molecule has 0 bridgehead atoms. The predicted molar refractivity (Wildman–Crippen MR) is 61.6 cm³/mol. The monoisotopic (exact) mass is 272 g/mol. The van der Waals surface area contributed by atoms with Crippen LogP contribution in [0.1, 0.15) is 13.8 Å². The minimum absolute atomic E-state index is 0.190. The van der Waals surface area contributed by atoms with Gasteiger partial charge in [0.25, 0.3) is 5.91 Å². The van der Waals surface area contributed by atoms with Gasteiger partial charge < -0.3 is 0 Å². The number of nitrogens with one attached hydrogen (secondary N) is 1. The molecule has 8 heteroatoms. The lowest BCUT2D eigenvalue weighted by molar-refractivity contribution is -0.120. The average molecular weight is 273 g/mol. The third-order valence-electron chi connectivity index (χ3n) is 2.55. The van der Waals surface area contributed by atoms with Crippen molar-refractivity contribution >= 4 is 29.4 Å². The number of imide groups is 1. The number of anilines is 1. The zero-order chi connectivity index (χ0) is 13.4. The van der Waals surface area contributed by atoms with Gasteiger partial charge in [0, 0.05) is 0 Å². The van der Waals surface area contributed by atoms with Crippen molar-refractivity contribution in [1.29, 1.82) is 0 Å². The van der Waals surface area contributed by atoms with Gasteiger partial charge in [-0.05, 0) is 17.5 Å². The number of hydrogen-bond acceptors (Lipinski definition) is 4. The van der Waals surface area contributed by atoms with Gasteiger partial charge >= 0.3 is 6.03 Å². The van der Waals surface area contributed by atoms with E-state index < -0.39 is 23.8 Å². The Hall–Kier alpha value is -1.76. The summed E-state index contributed by atoms with van der Waals surface area (Å²) in [5.41, 5.74) is 0. The van der Waals surface area contributed by atoms with Gasteiger partial charge in [0.15, 0.2) is 11.6 Å². The molecule has 1 aromatic heterocycles. The van der Waals surface area contributed by atoms with Crippen LogP contribution in [0.25, 0.3) is 0 Å². The molecule has 96 valence electrons. The first-order valence-corrected chi connectivity index (χ1v) is 5.61. The molecule has 18 heavy (non-hydrogen) atoms. The number of hydrogen-bond donors (Lipinski definition) is 1. The second-order valence-corrected chi connectivity index (χ2v) is 4.50. The first-order chi connectivity index (χ1) is 8.41. The fourth-order valence-corrected chi connectivity index (χ4v) is 1.95. The van der Waals surface area contributed by atoms with E-state index in [-0.39, 0.29) is 17.0 Å². The summed E-state index contributed by atoms with van der Waals surface area (Å²) in [5.74, 6) is -1.78. The number of carbonyl (C=O) groups excluding carboxylic acids is 2. The van der Waals surface area contributed by atoms with Crippen molar-refractivity contribution in [2.24, 2.45) is 5.92 Å². The van der Waals surface area contributed by atoms with Crippen molar-refractivity contribution in [1.82, 2.24) is 15.3 Å². The highest BCUT2D eigenvalue weighted by Crippen LogP contribution is 2.26. The Balaban J connectivity index is 2.50. The molecule has 0 radical (unpaired) electrons. The van der Waals surface area contributed by atoms with Gasteiger partial charge in [0.05, 0.1) is 6.20 Å². The van der Waals surface area contributed by atoms with Crippen LogP contribution in [0.3, 0.4) is 0 Å². The largest absolute Gasteiger partial charge is 0.330 e. The van der Waals surface area contributed by atoms with Gasteiger partial charge in [-0.15, -0.1) is 0 Å².